The van der Waals surface area contributed by atoms with Crippen molar-refractivity contribution in [1.82, 2.24) is 0 Å². The molecule has 0 saturated heterocycles. The van der Waals surface area contributed by atoms with Gasteiger partial charge >= 0.3 is 7.82 Å². The monoisotopic (exact) mass is 208 g/mol. The summed E-state index contributed by atoms with van der Waals surface area (Å²) in [5.41, 5.74) is 0. The van der Waals surface area contributed by atoms with Crippen molar-refractivity contribution in [2.75, 3.05) is 0 Å². The van der Waals surface area contributed by atoms with Gasteiger partial charge in [0.05, 0.1) is 0 Å². The summed E-state index contributed by atoms with van der Waals surface area (Å²) in [6, 6.07) is 0. The fraction of sp³-hybridized carbons (Fsp3) is 0. The fourth-order valence-electron chi connectivity index (χ4n) is 0. The van der Waals surface area contributed by atoms with Gasteiger partial charge in [-0.25, -0.2) is 4.57 Å². The largest absolute Gasteiger partial charge is 0.466 e. The van der Waals surface area contributed by atoms with Gasteiger partial charge in [0.15, 0.2) is 0 Å². The van der Waals surface area contributed by atoms with E-state index in [2.05, 4.69) is 0 Å². The van der Waals surface area contributed by atoms with Gasteiger partial charge in [-0.3, -0.25) is 0 Å². The van der Waals surface area contributed by atoms with Crippen LogP contribution in [0.1, 0.15) is 0 Å². The molecule has 0 bridgehead atoms. The van der Waals surface area contributed by atoms with Gasteiger partial charge in [0.25, 0.3) is 0 Å². The van der Waals surface area contributed by atoms with Gasteiger partial charge in [-0.2, -0.15) is 0 Å². The predicted octanol–water partition coefficient (Wildman–Crippen LogP) is -3.41. The van der Waals surface area contributed by atoms with Crippen molar-refractivity contribution in [2.24, 2.45) is 0 Å². The molecule has 0 spiro atoms. The van der Waals surface area contributed by atoms with Gasteiger partial charge < -0.3 is 31.1 Å². The molecule has 0 aliphatic heterocycles. The number of phosphoric acid groups is 1. The first-order valence-electron chi connectivity index (χ1n) is 0.783. The van der Waals surface area contributed by atoms with Gasteiger partial charge in [-0.15, -0.1) is 0 Å². The minimum atomic E-state index is -4.64. The van der Waals surface area contributed by atoms with E-state index in [0.29, 0.717) is 0 Å². The third-order valence-electron chi connectivity index (χ3n) is 0. The van der Waals surface area contributed by atoms with Crippen molar-refractivity contribution in [2.45, 2.75) is 0 Å². The molecule has 0 atom stereocenters. The van der Waals surface area contributed by atoms with E-state index in [1.54, 1.807) is 0 Å². The maximum atomic E-state index is 8.88. The Morgan fingerprint density at radius 3 is 0.889 bits per heavy atom. The van der Waals surface area contributed by atoms with E-state index in [4.69, 9.17) is 19.2 Å². The predicted molar refractivity (Wildman–Crippen MR) is 25.1 cm³/mol. The van der Waals surface area contributed by atoms with Crippen LogP contribution in [-0.4, -0.2) is 31.1 Å². The molecule has 0 unspecified atom stereocenters. The van der Waals surface area contributed by atoms with E-state index >= 15 is 0 Å². The Bertz CT molecular complexity index is 55.1. The van der Waals surface area contributed by atoms with E-state index in [-0.39, 0.29) is 33.5 Å². The minimum absolute atomic E-state index is 0. The first-order chi connectivity index (χ1) is 2.00. The minimum Gasteiger partial charge on any atom is -0.412 e. The Morgan fingerprint density at radius 1 is 0.889 bits per heavy atom. The van der Waals surface area contributed by atoms with Gasteiger partial charge in [0.1, 0.15) is 0 Å². The summed E-state index contributed by atoms with van der Waals surface area (Å²) in [6.45, 7) is 0. The molecule has 0 heterocycles. The molecule has 0 rings (SSSR count). The van der Waals surface area contributed by atoms with Crippen molar-refractivity contribution < 1.29 is 52.7 Å². The first kappa shape index (κ1) is 33.9. The molecule has 9 heavy (non-hydrogen) atoms. The van der Waals surface area contributed by atoms with Crippen molar-refractivity contribution in [3.05, 3.63) is 0 Å². The van der Waals surface area contributed by atoms with Crippen LogP contribution in [0.2, 0.25) is 0 Å². The van der Waals surface area contributed by atoms with Crippen molar-refractivity contribution >= 4 is 7.82 Å². The normalized spacial score (nSPS) is 6.56. The third-order valence-corrected chi connectivity index (χ3v) is 0. The van der Waals surface area contributed by atoms with Crippen molar-refractivity contribution in [3.63, 3.8) is 0 Å². The molecule has 0 aliphatic carbocycles. The second-order valence-electron chi connectivity index (χ2n) is 0.513. The molecule has 0 amide bonds. The number of rotatable bonds is 0. The van der Waals surface area contributed by atoms with Crippen LogP contribution >= 0.6 is 7.82 Å². The van der Waals surface area contributed by atoms with E-state index in [0.717, 1.165) is 0 Å². The molecule has 0 saturated carbocycles. The number of hydrogen-bond acceptors (Lipinski definition) is 1. The second kappa shape index (κ2) is 11.3. The summed E-state index contributed by atoms with van der Waals surface area (Å²) in [5.74, 6) is 0. The van der Waals surface area contributed by atoms with E-state index in [1.807, 2.05) is 0 Å². The summed E-state index contributed by atoms with van der Waals surface area (Å²) in [6.07, 6.45) is 0. The molecule has 0 radical (unpaired) electrons. The average Bonchev–Trinajstić information content (AvgIpc) is 0.722. The molecular formula is H9FeO7P. The Balaban J connectivity index is -0.0000000133. The van der Waals surface area contributed by atoms with Crippen LogP contribution in [0.25, 0.3) is 0 Å². The zero-order valence-corrected chi connectivity index (χ0v) is 6.05. The topological polar surface area (TPSA) is 172 Å². The van der Waals surface area contributed by atoms with E-state index in [1.165, 1.54) is 0 Å². The summed E-state index contributed by atoms with van der Waals surface area (Å²) >= 11 is 0. The van der Waals surface area contributed by atoms with Crippen molar-refractivity contribution in [1.29, 1.82) is 0 Å². The fourth-order valence-corrected chi connectivity index (χ4v) is 0. The van der Waals surface area contributed by atoms with E-state index < -0.39 is 7.82 Å². The van der Waals surface area contributed by atoms with Crippen molar-refractivity contribution in [3.8, 4) is 0 Å². The molecule has 9 N–H and O–H groups in total. The van der Waals surface area contributed by atoms with Crippen LogP contribution in [-0.2, 0) is 21.6 Å². The molecule has 0 aromatic heterocycles. The first-order valence-corrected chi connectivity index (χ1v) is 2.35. The van der Waals surface area contributed by atoms with Gasteiger partial charge in [-0.05, 0) is 0 Å². The molecule has 9 heteroatoms. The summed E-state index contributed by atoms with van der Waals surface area (Å²) in [7, 11) is -4.64. The standard InChI is InChI=1S/Fe.H3O4P.3H2O/c;1-5(2,3)4;;;/h;(H3,1,2,3,4);3*1H2. The maximum absolute atomic E-state index is 8.88. The summed E-state index contributed by atoms with van der Waals surface area (Å²) < 4.78 is 8.88. The van der Waals surface area contributed by atoms with Crippen LogP contribution < -0.4 is 0 Å². The van der Waals surface area contributed by atoms with Crippen LogP contribution in [0.15, 0.2) is 0 Å². The van der Waals surface area contributed by atoms with Gasteiger partial charge in [-0.1, -0.05) is 0 Å². The van der Waals surface area contributed by atoms with E-state index in [9.17, 15) is 0 Å². The SMILES string of the molecule is O.O.O.O=P(O)(O)O.[Fe]. The Kier molecular flexibility index (Phi) is 42.6. The molecule has 64 valence electrons. The van der Waals surface area contributed by atoms with Gasteiger partial charge in [0, 0.05) is 17.1 Å². The summed E-state index contributed by atoms with van der Waals surface area (Å²) in [5, 5.41) is 0. The maximum Gasteiger partial charge on any atom is 0.466 e. The Hall–Kier alpha value is 0.509. The molecule has 0 aromatic rings. The molecule has 7 nitrogen and oxygen atoms in total. The zero-order chi connectivity index (χ0) is 4.50. The molecular weight excluding hydrogens is 199 g/mol. The van der Waals surface area contributed by atoms with Crippen LogP contribution in [0.4, 0.5) is 0 Å². The quantitative estimate of drug-likeness (QED) is 0.278. The molecule has 0 aromatic carbocycles. The smallest absolute Gasteiger partial charge is 0.412 e. The Morgan fingerprint density at radius 2 is 0.889 bits per heavy atom. The molecule has 0 aliphatic rings. The molecule has 0 fully saturated rings. The van der Waals surface area contributed by atoms with Crippen LogP contribution in [0.5, 0.6) is 0 Å². The second-order valence-corrected chi connectivity index (χ2v) is 1.54. The summed E-state index contributed by atoms with van der Waals surface area (Å²) in [4.78, 5) is 21.6. The number of hydrogen-bond donors (Lipinski definition) is 3. The van der Waals surface area contributed by atoms with Gasteiger partial charge in [0.2, 0.25) is 0 Å². The zero-order valence-electron chi connectivity index (χ0n) is 4.05. The Labute approximate surface area is 61.3 Å². The average molecular weight is 208 g/mol. The van der Waals surface area contributed by atoms with Crippen LogP contribution in [0, 0.1) is 0 Å². The third kappa shape index (κ3) is 1390. The van der Waals surface area contributed by atoms with Crippen LogP contribution in [0.3, 0.4) is 0 Å².